The van der Waals surface area contributed by atoms with Gasteiger partial charge in [0.15, 0.2) is 5.00 Å². The van der Waals surface area contributed by atoms with Crippen molar-refractivity contribution in [3.63, 3.8) is 0 Å². The summed E-state index contributed by atoms with van der Waals surface area (Å²) in [5.41, 5.74) is 5.09. The highest BCUT2D eigenvalue weighted by Crippen LogP contribution is 2.37. The van der Waals surface area contributed by atoms with Gasteiger partial charge in [-0.25, -0.2) is 13.1 Å². The minimum atomic E-state index is -3.75. The molecular formula is C12H19N3O4S2. The molecule has 0 unspecified atom stereocenters. The van der Waals surface area contributed by atoms with Crippen molar-refractivity contribution in [3.05, 3.63) is 16.2 Å². The Morgan fingerprint density at radius 2 is 2.05 bits per heavy atom. The molecule has 0 saturated heterocycles. The summed E-state index contributed by atoms with van der Waals surface area (Å²) in [7, 11) is -3.75. The third-order valence-electron chi connectivity index (χ3n) is 3.93. The lowest BCUT2D eigenvalue weighted by Gasteiger charge is -2.33. The molecule has 0 spiro atoms. The third kappa shape index (κ3) is 3.72. The lowest BCUT2D eigenvalue weighted by molar-refractivity contribution is -0.383. The number of thiophene rings is 1. The Bertz CT molecular complexity index is 633. The van der Waals surface area contributed by atoms with Gasteiger partial charge in [-0.1, -0.05) is 37.5 Å². The molecular weight excluding hydrogens is 314 g/mol. The average molecular weight is 333 g/mol. The van der Waals surface area contributed by atoms with Crippen LogP contribution in [0.3, 0.4) is 0 Å². The van der Waals surface area contributed by atoms with Gasteiger partial charge in [0.05, 0.1) is 4.92 Å². The molecule has 0 atom stereocenters. The molecule has 0 bridgehead atoms. The van der Waals surface area contributed by atoms with Crippen LogP contribution in [0.25, 0.3) is 0 Å². The van der Waals surface area contributed by atoms with E-state index in [1.54, 1.807) is 0 Å². The van der Waals surface area contributed by atoms with Crippen molar-refractivity contribution in [1.82, 2.24) is 4.72 Å². The van der Waals surface area contributed by atoms with Gasteiger partial charge in [-0.2, -0.15) is 0 Å². The maximum atomic E-state index is 12.2. The second kappa shape index (κ2) is 5.90. The highest BCUT2D eigenvalue weighted by molar-refractivity contribution is 7.91. The first-order valence-electron chi connectivity index (χ1n) is 6.77. The largest absolute Gasteiger partial charge is 0.385 e. The van der Waals surface area contributed by atoms with E-state index in [0.717, 1.165) is 43.1 Å². The van der Waals surface area contributed by atoms with E-state index in [2.05, 4.69) is 11.6 Å². The van der Waals surface area contributed by atoms with Crippen LogP contribution in [0.15, 0.2) is 10.3 Å². The monoisotopic (exact) mass is 333 g/mol. The van der Waals surface area contributed by atoms with E-state index in [9.17, 15) is 18.5 Å². The topological polar surface area (TPSA) is 115 Å². The van der Waals surface area contributed by atoms with E-state index >= 15 is 0 Å². The maximum Gasteiger partial charge on any atom is 0.304 e. The molecule has 9 heteroatoms. The van der Waals surface area contributed by atoms with Crippen LogP contribution in [0.4, 0.5) is 10.7 Å². The third-order valence-corrected chi connectivity index (χ3v) is 6.76. The summed E-state index contributed by atoms with van der Waals surface area (Å²) in [5.74, 6) is 0. The molecule has 0 radical (unpaired) electrons. The standard InChI is InChI=1S/C12H19N3O4S2/c1-12(5-3-2-4-6-12)8-14-21(18,19)10-7-9(15(16)17)11(13)20-10/h7,14H,2-6,8,13H2,1H3. The van der Waals surface area contributed by atoms with Crippen LogP contribution in [0.1, 0.15) is 39.0 Å². The smallest absolute Gasteiger partial charge is 0.304 e. The van der Waals surface area contributed by atoms with Crippen LogP contribution in [0, 0.1) is 15.5 Å². The Morgan fingerprint density at radius 1 is 1.43 bits per heavy atom. The summed E-state index contributed by atoms with van der Waals surface area (Å²) in [4.78, 5) is 10.1. The number of nitrogens with zero attached hydrogens (tertiary/aromatic N) is 1. The number of nitrogen functional groups attached to an aromatic ring is 1. The van der Waals surface area contributed by atoms with Crippen molar-refractivity contribution < 1.29 is 13.3 Å². The van der Waals surface area contributed by atoms with Crippen molar-refractivity contribution in [3.8, 4) is 0 Å². The van der Waals surface area contributed by atoms with E-state index in [4.69, 9.17) is 5.73 Å². The van der Waals surface area contributed by atoms with Crippen LogP contribution >= 0.6 is 11.3 Å². The predicted octanol–water partition coefficient (Wildman–Crippen LogP) is 2.49. The number of nitrogens with two attached hydrogens (primary N) is 1. The number of rotatable bonds is 5. The lowest BCUT2D eigenvalue weighted by Crippen LogP contribution is -2.36. The van der Waals surface area contributed by atoms with Crippen molar-refractivity contribution in [2.45, 2.75) is 43.2 Å². The van der Waals surface area contributed by atoms with Crippen molar-refractivity contribution >= 4 is 32.0 Å². The fraction of sp³-hybridized carbons (Fsp3) is 0.667. The fourth-order valence-electron chi connectivity index (χ4n) is 2.57. The Hall–Kier alpha value is -1.19. The van der Waals surface area contributed by atoms with Crippen molar-refractivity contribution in [1.29, 1.82) is 0 Å². The summed E-state index contributed by atoms with van der Waals surface area (Å²) >= 11 is 0.721. The van der Waals surface area contributed by atoms with Gasteiger partial charge in [0.25, 0.3) is 0 Å². The summed E-state index contributed by atoms with van der Waals surface area (Å²) in [5, 5.41) is 10.6. The Balaban J connectivity index is 2.11. The number of nitro groups is 1. The van der Waals surface area contributed by atoms with Crippen LogP contribution in [0.2, 0.25) is 0 Å². The molecule has 7 nitrogen and oxygen atoms in total. The fourth-order valence-corrected chi connectivity index (χ4v) is 5.03. The van der Waals surface area contributed by atoms with Gasteiger partial charge in [0.2, 0.25) is 10.0 Å². The van der Waals surface area contributed by atoms with E-state index in [1.165, 1.54) is 6.42 Å². The molecule has 1 aliphatic rings. The molecule has 0 aromatic carbocycles. The Labute approximate surface area is 127 Å². The zero-order valence-electron chi connectivity index (χ0n) is 11.8. The zero-order chi connectivity index (χ0) is 15.7. The predicted molar refractivity (Wildman–Crippen MR) is 81.8 cm³/mol. The molecule has 1 heterocycles. The molecule has 21 heavy (non-hydrogen) atoms. The molecule has 1 aliphatic carbocycles. The summed E-state index contributed by atoms with van der Waals surface area (Å²) in [6.07, 6.45) is 5.38. The molecule has 2 rings (SSSR count). The summed E-state index contributed by atoms with van der Waals surface area (Å²) < 4.78 is 26.9. The van der Waals surface area contributed by atoms with E-state index < -0.39 is 14.9 Å². The van der Waals surface area contributed by atoms with Crippen molar-refractivity contribution in [2.24, 2.45) is 5.41 Å². The highest BCUT2D eigenvalue weighted by Gasteiger charge is 2.30. The van der Waals surface area contributed by atoms with Gasteiger partial charge in [0.1, 0.15) is 4.21 Å². The number of sulfonamides is 1. The maximum absolute atomic E-state index is 12.2. The summed E-state index contributed by atoms with van der Waals surface area (Å²) in [6.45, 7) is 2.42. The molecule has 0 amide bonds. The molecule has 1 aromatic rings. The highest BCUT2D eigenvalue weighted by atomic mass is 32.2. The van der Waals surface area contributed by atoms with Gasteiger partial charge < -0.3 is 5.73 Å². The van der Waals surface area contributed by atoms with Crippen LogP contribution in [0.5, 0.6) is 0 Å². The van der Waals surface area contributed by atoms with Gasteiger partial charge in [0, 0.05) is 12.6 Å². The van der Waals surface area contributed by atoms with E-state index in [0.29, 0.717) is 6.54 Å². The van der Waals surface area contributed by atoms with Crippen molar-refractivity contribution in [2.75, 3.05) is 12.3 Å². The number of nitrogens with one attached hydrogen (secondary N) is 1. The summed E-state index contributed by atoms with van der Waals surface area (Å²) in [6, 6.07) is 1.02. The molecule has 1 aromatic heterocycles. The molecule has 3 N–H and O–H groups in total. The number of anilines is 1. The van der Waals surface area contributed by atoms with Crippen LogP contribution in [-0.2, 0) is 10.0 Å². The molecule has 1 fully saturated rings. The normalized spacial score (nSPS) is 18.5. The van der Waals surface area contributed by atoms with Gasteiger partial charge >= 0.3 is 5.69 Å². The lowest BCUT2D eigenvalue weighted by atomic mass is 9.76. The Kier molecular flexibility index (Phi) is 4.54. The Morgan fingerprint density at radius 3 is 2.57 bits per heavy atom. The minimum Gasteiger partial charge on any atom is -0.385 e. The number of hydrogen-bond donors (Lipinski definition) is 2. The first kappa shape index (κ1) is 16.2. The number of hydrogen-bond acceptors (Lipinski definition) is 6. The average Bonchev–Trinajstić information content (AvgIpc) is 2.81. The van der Waals surface area contributed by atoms with Crippen LogP contribution in [-0.4, -0.2) is 19.9 Å². The molecule has 1 saturated carbocycles. The first-order chi connectivity index (χ1) is 9.73. The zero-order valence-corrected chi connectivity index (χ0v) is 13.4. The van der Waals surface area contributed by atoms with Gasteiger partial charge in [-0.3, -0.25) is 10.1 Å². The molecule has 0 aliphatic heterocycles. The molecule has 118 valence electrons. The van der Waals surface area contributed by atoms with Crippen LogP contribution < -0.4 is 10.5 Å². The second-order valence-corrected chi connectivity index (χ2v) is 8.85. The van der Waals surface area contributed by atoms with Gasteiger partial charge in [-0.15, -0.1) is 0 Å². The quantitative estimate of drug-likeness (QED) is 0.634. The first-order valence-corrected chi connectivity index (χ1v) is 9.07. The van der Waals surface area contributed by atoms with E-state index in [1.807, 2.05) is 0 Å². The SMILES string of the molecule is CC1(CNS(=O)(=O)c2cc([N+](=O)[O-])c(N)s2)CCCCC1. The van der Waals surface area contributed by atoms with Gasteiger partial charge in [-0.05, 0) is 18.3 Å². The van der Waals surface area contributed by atoms with E-state index in [-0.39, 0.29) is 20.3 Å². The minimum absolute atomic E-state index is 0.0416. The second-order valence-electron chi connectivity index (χ2n) is 5.77.